The van der Waals surface area contributed by atoms with Gasteiger partial charge in [0.2, 0.25) is 5.91 Å². The lowest BCUT2D eigenvalue weighted by atomic mass is 9.97. The summed E-state index contributed by atoms with van der Waals surface area (Å²) < 4.78 is 27.0. The number of carbonyl (C=O) groups is 1. The molecule has 0 aromatic carbocycles. The zero-order valence-electron chi connectivity index (χ0n) is 16.8. The average Bonchev–Trinajstić information content (AvgIpc) is 3.27. The van der Waals surface area contributed by atoms with Crippen molar-refractivity contribution < 1.29 is 13.2 Å². The number of piperidine rings is 2. The Morgan fingerprint density at radius 3 is 2.68 bits per heavy atom. The van der Waals surface area contributed by atoms with Crippen LogP contribution >= 0.6 is 11.3 Å². The molecule has 2 aliphatic rings. The molecule has 0 bridgehead atoms. The summed E-state index contributed by atoms with van der Waals surface area (Å²) in [6, 6.07) is 4.10. The molecule has 0 aliphatic carbocycles. The van der Waals surface area contributed by atoms with Crippen LogP contribution in [0.25, 0.3) is 0 Å². The second-order valence-electron chi connectivity index (χ2n) is 7.85. The predicted octanol–water partition coefficient (Wildman–Crippen LogP) is 2.92. The van der Waals surface area contributed by atoms with E-state index in [1.54, 1.807) is 17.5 Å². The molecule has 1 aromatic rings. The van der Waals surface area contributed by atoms with Gasteiger partial charge in [-0.1, -0.05) is 19.4 Å². The van der Waals surface area contributed by atoms with Crippen molar-refractivity contribution in [3.05, 3.63) is 17.5 Å². The van der Waals surface area contributed by atoms with Crippen LogP contribution in [-0.2, 0) is 14.8 Å². The highest BCUT2D eigenvalue weighted by Crippen LogP contribution is 2.26. The monoisotopic (exact) mass is 427 g/mol. The minimum atomic E-state index is -3.39. The Kier molecular flexibility index (Phi) is 7.91. The summed E-state index contributed by atoms with van der Waals surface area (Å²) >= 11 is 1.24. The highest BCUT2D eigenvalue weighted by Gasteiger charge is 2.32. The van der Waals surface area contributed by atoms with Crippen molar-refractivity contribution in [2.45, 2.75) is 62.1 Å². The van der Waals surface area contributed by atoms with Gasteiger partial charge in [-0.25, -0.2) is 8.42 Å². The molecule has 0 radical (unpaired) electrons. The van der Waals surface area contributed by atoms with Gasteiger partial charge in [-0.3, -0.25) is 4.79 Å². The summed E-state index contributed by atoms with van der Waals surface area (Å²) in [6.07, 6.45) is 7.31. The van der Waals surface area contributed by atoms with E-state index in [4.69, 9.17) is 0 Å². The summed E-state index contributed by atoms with van der Waals surface area (Å²) in [6.45, 7) is 6.05. The Morgan fingerprint density at radius 1 is 1.21 bits per heavy atom. The maximum absolute atomic E-state index is 12.6. The molecule has 8 heteroatoms. The standard InChI is InChI=1S/C20H33N3O3S2/c1-2-18-7-3-4-12-22(18)13-6-11-21-20(24)17-9-14-23(15-10-17)28(25,26)19-8-5-16-27-19/h5,8,16-18H,2-4,6-7,9-15H2,1H3,(H,21,24). The molecule has 2 aliphatic heterocycles. The fraction of sp³-hybridized carbons (Fsp3) is 0.750. The van der Waals surface area contributed by atoms with Crippen molar-refractivity contribution in [2.24, 2.45) is 5.92 Å². The molecule has 0 spiro atoms. The summed E-state index contributed by atoms with van der Waals surface area (Å²) in [4.78, 5) is 15.0. The second-order valence-corrected chi connectivity index (χ2v) is 11.0. The number of hydrogen-bond acceptors (Lipinski definition) is 5. The van der Waals surface area contributed by atoms with Crippen molar-refractivity contribution in [3.8, 4) is 0 Å². The van der Waals surface area contributed by atoms with Crippen LogP contribution in [0.5, 0.6) is 0 Å². The number of amides is 1. The molecule has 1 amide bonds. The van der Waals surface area contributed by atoms with Crippen LogP contribution in [0.1, 0.15) is 51.9 Å². The molecule has 2 saturated heterocycles. The third-order valence-corrected chi connectivity index (χ3v) is 9.33. The third-order valence-electron chi connectivity index (χ3n) is 6.06. The number of thiophene rings is 1. The Labute approximate surface area is 173 Å². The quantitative estimate of drug-likeness (QED) is 0.648. The number of nitrogens with one attached hydrogen (secondary N) is 1. The van der Waals surface area contributed by atoms with Gasteiger partial charge in [0.1, 0.15) is 4.21 Å². The van der Waals surface area contributed by atoms with Crippen molar-refractivity contribution in [3.63, 3.8) is 0 Å². The highest BCUT2D eigenvalue weighted by atomic mass is 32.2. The minimum Gasteiger partial charge on any atom is -0.356 e. The summed E-state index contributed by atoms with van der Waals surface area (Å²) in [5.74, 6) is 0.00650. The van der Waals surface area contributed by atoms with Crippen LogP contribution in [-0.4, -0.2) is 62.3 Å². The molecule has 2 fully saturated rings. The summed E-state index contributed by atoms with van der Waals surface area (Å²) in [7, 11) is -3.39. The lowest BCUT2D eigenvalue weighted by Gasteiger charge is -2.35. The van der Waals surface area contributed by atoms with Gasteiger partial charge >= 0.3 is 0 Å². The normalized spacial score (nSPS) is 23.0. The number of carbonyl (C=O) groups excluding carboxylic acids is 1. The van der Waals surface area contributed by atoms with Gasteiger partial charge in [-0.2, -0.15) is 4.31 Å². The Morgan fingerprint density at radius 2 is 2.00 bits per heavy atom. The van der Waals surface area contributed by atoms with Gasteiger partial charge in [0.15, 0.2) is 0 Å². The Balaban J connectivity index is 1.37. The first-order valence-corrected chi connectivity index (χ1v) is 12.9. The molecule has 28 heavy (non-hydrogen) atoms. The number of rotatable bonds is 8. The molecule has 1 aromatic heterocycles. The zero-order chi connectivity index (χ0) is 20.0. The van der Waals surface area contributed by atoms with Gasteiger partial charge in [0.25, 0.3) is 10.0 Å². The first kappa shape index (κ1) is 21.7. The van der Waals surface area contributed by atoms with E-state index in [1.165, 1.54) is 47.9 Å². The Hall–Kier alpha value is -0.960. The van der Waals surface area contributed by atoms with Crippen LogP contribution in [0.2, 0.25) is 0 Å². The van der Waals surface area contributed by atoms with Crippen LogP contribution < -0.4 is 5.32 Å². The fourth-order valence-corrected chi connectivity index (χ4v) is 6.96. The zero-order valence-corrected chi connectivity index (χ0v) is 18.4. The molecular formula is C20H33N3O3S2. The van der Waals surface area contributed by atoms with E-state index in [0.717, 1.165) is 13.0 Å². The van der Waals surface area contributed by atoms with Crippen molar-refractivity contribution in [1.82, 2.24) is 14.5 Å². The van der Waals surface area contributed by atoms with E-state index in [1.807, 2.05) is 0 Å². The van der Waals surface area contributed by atoms with E-state index in [9.17, 15) is 13.2 Å². The molecule has 3 heterocycles. The fourth-order valence-electron chi connectivity index (χ4n) is 4.35. The summed E-state index contributed by atoms with van der Waals surface area (Å²) in [5, 5.41) is 4.85. The smallest absolute Gasteiger partial charge is 0.252 e. The van der Waals surface area contributed by atoms with Crippen LogP contribution in [0.15, 0.2) is 21.7 Å². The number of likely N-dealkylation sites (tertiary alicyclic amines) is 1. The maximum atomic E-state index is 12.6. The van der Waals surface area contributed by atoms with Gasteiger partial charge < -0.3 is 10.2 Å². The van der Waals surface area contributed by atoms with Crippen molar-refractivity contribution in [1.29, 1.82) is 0 Å². The molecule has 1 atom stereocenters. The van der Waals surface area contributed by atoms with Gasteiger partial charge in [0.05, 0.1) is 0 Å². The minimum absolute atomic E-state index is 0.0758. The first-order valence-electron chi connectivity index (χ1n) is 10.6. The predicted molar refractivity (Wildman–Crippen MR) is 113 cm³/mol. The lowest BCUT2D eigenvalue weighted by Crippen LogP contribution is -2.43. The number of sulfonamides is 1. The van der Waals surface area contributed by atoms with Gasteiger partial charge in [-0.15, -0.1) is 11.3 Å². The molecule has 3 rings (SSSR count). The van der Waals surface area contributed by atoms with E-state index < -0.39 is 10.0 Å². The number of hydrogen-bond donors (Lipinski definition) is 1. The van der Waals surface area contributed by atoms with E-state index in [0.29, 0.717) is 42.7 Å². The highest BCUT2D eigenvalue weighted by molar-refractivity contribution is 7.91. The van der Waals surface area contributed by atoms with E-state index >= 15 is 0 Å². The largest absolute Gasteiger partial charge is 0.356 e. The van der Waals surface area contributed by atoms with Crippen molar-refractivity contribution in [2.75, 3.05) is 32.7 Å². The molecule has 158 valence electrons. The van der Waals surface area contributed by atoms with E-state index in [-0.39, 0.29) is 11.8 Å². The first-order chi connectivity index (χ1) is 13.5. The lowest BCUT2D eigenvalue weighted by molar-refractivity contribution is -0.126. The average molecular weight is 428 g/mol. The molecule has 0 saturated carbocycles. The molecule has 1 N–H and O–H groups in total. The molecule has 6 nitrogen and oxygen atoms in total. The SMILES string of the molecule is CCC1CCCCN1CCCNC(=O)C1CCN(S(=O)(=O)c2cccs2)CC1. The van der Waals surface area contributed by atoms with E-state index in [2.05, 4.69) is 17.1 Å². The topological polar surface area (TPSA) is 69.7 Å². The van der Waals surface area contributed by atoms with Crippen LogP contribution in [0, 0.1) is 5.92 Å². The molecule has 1 unspecified atom stereocenters. The molecular weight excluding hydrogens is 394 g/mol. The van der Waals surface area contributed by atoms with Gasteiger partial charge in [0, 0.05) is 38.1 Å². The third kappa shape index (κ3) is 5.34. The summed E-state index contributed by atoms with van der Waals surface area (Å²) in [5.41, 5.74) is 0. The second kappa shape index (κ2) is 10.2. The van der Waals surface area contributed by atoms with Crippen molar-refractivity contribution >= 4 is 27.3 Å². The Bertz CT molecular complexity index is 713. The van der Waals surface area contributed by atoms with Crippen LogP contribution in [0.3, 0.4) is 0 Å². The maximum Gasteiger partial charge on any atom is 0.252 e. The number of nitrogens with zero attached hydrogens (tertiary/aromatic N) is 2. The van der Waals surface area contributed by atoms with Crippen LogP contribution in [0.4, 0.5) is 0 Å². The van der Waals surface area contributed by atoms with Gasteiger partial charge in [-0.05, 0) is 56.5 Å².